The van der Waals surface area contributed by atoms with Crippen LogP contribution in [0.4, 0.5) is 5.69 Å². The number of hydrogen-bond donors (Lipinski definition) is 2. The third-order valence-corrected chi connectivity index (χ3v) is 3.93. The number of nitrogens with zero attached hydrogens (tertiary/aromatic N) is 1. The van der Waals surface area contributed by atoms with Gasteiger partial charge in [0, 0.05) is 30.2 Å². The molecule has 0 saturated carbocycles. The molecule has 134 valence electrons. The van der Waals surface area contributed by atoms with Crippen molar-refractivity contribution in [1.29, 1.82) is 0 Å². The Balaban J connectivity index is 2.22. The molecule has 0 aliphatic rings. The third-order valence-electron chi connectivity index (χ3n) is 3.93. The van der Waals surface area contributed by atoms with Gasteiger partial charge in [0.25, 0.3) is 0 Å². The van der Waals surface area contributed by atoms with E-state index in [0.717, 1.165) is 0 Å². The number of nitrogens with one attached hydrogen (secondary N) is 1. The fraction of sp³-hybridized carbons (Fsp3) is 0.333. The van der Waals surface area contributed by atoms with Gasteiger partial charge in [-0.2, -0.15) is 0 Å². The molecule has 1 aromatic heterocycles. The van der Waals surface area contributed by atoms with Crippen LogP contribution in [0.2, 0.25) is 0 Å². The van der Waals surface area contributed by atoms with Crippen LogP contribution in [0, 0.1) is 6.92 Å². The van der Waals surface area contributed by atoms with Gasteiger partial charge in [-0.25, -0.2) is 4.79 Å². The van der Waals surface area contributed by atoms with Gasteiger partial charge in [0.2, 0.25) is 5.91 Å². The molecule has 0 fully saturated rings. The van der Waals surface area contributed by atoms with Gasteiger partial charge in [0.15, 0.2) is 11.5 Å². The third kappa shape index (κ3) is 3.93. The largest absolute Gasteiger partial charge is 0.493 e. The molecule has 1 heterocycles. The lowest BCUT2D eigenvalue weighted by Gasteiger charge is -2.12. The summed E-state index contributed by atoms with van der Waals surface area (Å²) >= 11 is 0. The second-order valence-corrected chi connectivity index (χ2v) is 5.52. The Hall–Kier alpha value is -2.96. The van der Waals surface area contributed by atoms with E-state index in [9.17, 15) is 14.7 Å². The number of methoxy groups -OCH3 is 2. The summed E-state index contributed by atoms with van der Waals surface area (Å²) in [6.07, 6.45) is 1.72. The Morgan fingerprint density at radius 1 is 1.20 bits per heavy atom. The molecule has 1 amide bonds. The quantitative estimate of drug-likeness (QED) is 0.804. The molecule has 7 heteroatoms. The molecule has 2 aromatic rings. The van der Waals surface area contributed by atoms with Crippen LogP contribution in [0.1, 0.15) is 28.5 Å². The topological polar surface area (TPSA) is 89.8 Å². The standard InChI is InChI=1S/C18H22N2O5/c1-5-20-10-11(2)17(18(22)23)13(20)9-16(21)19-12-6-7-14(24-3)15(8-12)25-4/h6-8,10H,5,9H2,1-4H3,(H,19,21)(H,22,23). The predicted molar refractivity (Wildman–Crippen MR) is 93.7 cm³/mol. The van der Waals surface area contributed by atoms with Crippen molar-refractivity contribution in [3.8, 4) is 11.5 Å². The van der Waals surface area contributed by atoms with Crippen LogP contribution in [-0.4, -0.2) is 35.8 Å². The lowest BCUT2D eigenvalue weighted by Crippen LogP contribution is -2.18. The molecule has 0 saturated heterocycles. The minimum absolute atomic E-state index is 0.0301. The lowest BCUT2D eigenvalue weighted by molar-refractivity contribution is -0.115. The summed E-state index contributed by atoms with van der Waals surface area (Å²) in [7, 11) is 3.05. The predicted octanol–water partition coefficient (Wildman–Crippen LogP) is 2.71. The highest BCUT2D eigenvalue weighted by Gasteiger charge is 2.21. The van der Waals surface area contributed by atoms with E-state index in [-0.39, 0.29) is 17.9 Å². The van der Waals surface area contributed by atoms with Gasteiger partial charge in [0.05, 0.1) is 26.2 Å². The van der Waals surface area contributed by atoms with Crippen LogP contribution in [0.15, 0.2) is 24.4 Å². The van der Waals surface area contributed by atoms with E-state index < -0.39 is 5.97 Å². The highest BCUT2D eigenvalue weighted by molar-refractivity contribution is 5.96. The zero-order chi connectivity index (χ0) is 18.6. The minimum Gasteiger partial charge on any atom is -0.493 e. The molecule has 1 aromatic carbocycles. The van der Waals surface area contributed by atoms with Gasteiger partial charge in [0.1, 0.15) is 0 Å². The van der Waals surface area contributed by atoms with Gasteiger partial charge < -0.3 is 24.5 Å². The summed E-state index contributed by atoms with van der Waals surface area (Å²) in [6, 6.07) is 5.04. The number of carboxylic acid groups (broad SMARTS) is 1. The van der Waals surface area contributed by atoms with Gasteiger partial charge >= 0.3 is 5.97 Å². The van der Waals surface area contributed by atoms with Crippen LogP contribution >= 0.6 is 0 Å². The summed E-state index contributed by atoms with van der Waals surface area (Å²) in [5.74, 6) is -0.274. The number of aromatic nitrogens is 1. The minimum atomic E-state index is -1.03. The van der Waals surface area contributed by atoms with Crippen molar-refractivity contribution in [3.05, 3.63) is 41.2 Å². The second kappa shape index (κ2) is 7.74. The van der Waals surface area contributed by atoms with Crippen LogP contribution in [-0.2, 0) is 17.8 Å². The highest BCUT2D eigenvalue weighted by Crippen LogP contribution is 2.29. The van der Waals surface area contributed by atoms with Gasteiger partial charge in [-0.3, -0.25) is 4.79 Å². The number of anilines is 1. The number of benzene rings is 1. The molecule has 2 N–H and O–H groups in total. The van der Waals surface area contributed by atoms with E-state index in [1.54, 1.807) is 35.9 Å². The van der Waals surface area contributed by atoms with E-state index in [1.165, 1.54) is 14.2 Å². The Bertz CT molecular complexity index is 795. The maximum absolute atomic E-state index is 12.4. The number of carbonyl (C=O) groups is 2. The smallest absolute Gasteiger partial charge is 0.337 e. The maximum Gasteiger partial charge on any atom is 0.337 e. The Morgan fingerprint density at radius 2 is 1.88 bits per heavy atom. The van der Waals surface area contributed by atoms with Gasteiger partial charge in [-0.05, 0) is 31.5 Å². The van der Waals surface area contributed by atoms with Crippen LogP contribution in [0.3, 0.4) is 0 Å². The monoisotopic (exact) mass is 346 g/mol. The fourth-order valence-electron chi connectivity index (χ4n) is 2.78. The zero-order valence-corrected chi connectivity index (χ0v) is 14.8. The molecule has 7 nitrogen and oxygen atoms in total. The molecule has 0 atom stereocenters. The maximum atomic E-state index is 12.4. The average Bonchev–Trinajstić information content (AvgIpc) is 2.89. The molecule has 2 rings (SSSR count). The van der Waals surface area contributed by atoms with E-state index in [2.05, 4.69) is 5.32 Å². The molecular weight excluding hydrogens is 324 g/mol. The summed E-state index contributed by atoms with van der Waals surface area (Å²) < 4.78 is 12.2. The Kier molecular flexibility index (Phi) is 5.69. The Labute approximate surface area is 146 Å². The fourth-order valence-corrected chi connectivity index (χ4v) is 2.78. The zero-order valence-electron chi connectivity index (χ0n) is 14.8. The summed E-state index contributed by atoms with van der Waals surface area (Å²) in [5, 5.41) is 12.2. The highest BCUT2D eigenvalue weighted by atomic mass is 16.5. The van der Waals surface area contributed by atoms with Gasteiger partial charge in [-0.1, -0.05) is 0 Å². The summed E-state index contributed by atoms with van der Waals surface area (Å²) in [5.41, 5.74) is 1.86. The molecular formula is C18H22N2O5. The van der Waals surface area contributed by atoms with Crippen molar-refractivity contribution < 1.29 is 24.2 Å². The number of aromatic carboxylic acids is 1. The molecule has 0 bridgehead atoms. The van der Waals surface area contributed by atoms with E-state index >= 15 is 0 Å². The molecule has 0 spiro atoms. The lowest BCUT2D eigenvalue weighted by atomic mass is 10.1. The number of rotatable bonds is 7. The first-order valence-electron chi connectivity index (χ1n) is 7.85. The Morgan fingerprint density at radius 3 is 2.44 bits per heavy atom. The van der Waals surface area contributed by atoms with E-state index in [4.69, 9.17) is 9.47 Å². The van der Waals surface area contributed by atoms with Crippen LogP contribution < -0.4 is 14.8 Å². The second-order valence-electron chi connectivity index (χ2n) is 5.52. The van der Waals surface area contributed by atoms with Crippen LogP contribution in [0.25, 0.3) is 0 Å². The SMILES string of the molecule is CCn1cc(C)c(C(=O)O)c1CC(=O)Nc1ccc(OC)c(OC)c1. The summed E-state index contributed by atoms with van der Waals surface area (Å²) in [4.78, 5) is 23.9. The van der Waals surface area contributed by atoms with Gasteiger partial charge in [-0.15, -0.1) is 0 Å². The van der Waals surface area contributed by atoms with Crippen molar-refractivity contribution in [1.82, 2.24) is 4.57 Å². The van der Waals surface area contributed by atoms with Crippen molar-refractivity contribution in [2.75, 3.05) is 19.5 Å². The first kappa shape index (κ1) is 18.4. The van der Waals surface area contributed by atoms with Crippen LogP contribution in [0.5, 0.6) is 11.5 Å². The summed E-state index contributed by atoms with van der Waals surface area (Å²) in [6.45, 7) is 4.22. The number of carbonyl (C=O) groups excluding carboxylic acids is 1. The number of ether oxygens (including phenoxy) is 2. The molecule has 25 heavy (non-hydrogen) atoms. The number of amides is 1. The molecule has 0 radical (unpaired) electrons. The first-order valence-corrected chi connectivity index (χ1v) is 7.85. The molecule has 0 unspecified atom stereocenters. The normalized spacial score (nSPS) is 10.4. The number of carboxylic acids is 1. The molecule has 0 aliphatic carbocycles. The first-order chi connectivity index (χ1) is 11.9. The number of aryl methyl sites for hydroxylation is 2. The van der Waals surface area contributed by atoms with Crippen molar-refractivity contribution in [2.24, 2.45) is 0 Å². The average molecular weight is 346 g/mol. The number of hydrogen-bond acceptors (Lipinski definition) is 4. The molecule has 0 aliphatic heterocycles. The van der Waals surface area contributed by atoms with E-state index in [1.807, 2.05) is 6.92 Å². The van der Waals surface area contributed by atoms with Crippen molar-refractivity contribution in [3.63, 3.8) is 0 Å². The van der Waals surface area contributed by atoms with E-state index in [0.29, 0.717) is 35.0 Å². The van der Waals surface area contributed by atoms with Crippen molar-refractivity contribution >= 4 is 17.6 Å². The van der Waals surface area contributed by atoms with Crippen molar-refractivity contribution in [2.45, 2.75) is 26.8 Å².